The van der Waals surface area contributed by atoms with Gasteiger partial charge < -0.3 is 10.6 Å². The van der Waals surface area contributed by atoms with Crippen LogP contribution in [0.5, 0.6) is 0 Å². The van der Waals surface area contributed by atoms with Gasteiger partial charge in [-0.2, -0.15) is 5.10 Å². The zero-order chi connectivity index (χ0) is 15.9. The van der Waals surface area contributed by atoms with Gasteiger partial charge in [-0.25, -0.2) is 0 Å². The fourth-order valence-electron chi connectivity index (χ4n) is 1.89. The van der Waals surface area contributed by atoms with Crippen molar-refractivity contribution in [1.29, 1.82) is 0 Å². The second kappa shape index (κ2) is 7.61. The molecule has 22 heavy (non-hydrogen) atoms. The van der Waals surface area contributed by atoms with Crippen LogP contribution in [-0.4, -0.2) is 35.2 Å². The lowest BCUT2D eigenvalue weighted by Crippen LogP contribution is -2.28. The smallest absolute Gasteiger partial charge is 0.254 e. The number of halogens is 1. The maximum Gasteiger partial charge on any atom is 0.254 e. The fraction of sp³-hybridized carbons (Fsp3) is 0.267. The van der Waals surface area contributed by atoms with Gasteiger partial charge in [-0.15, -0.1) is 0 Å². The minimum atomic E-state index is -0.255. The molecule has 0 bridgehead atoms. The number of carbonyl (C=O) groups excluding carboxylic acids is 2. The van der Waals surface area contributed by atoms with Crippen LogP contribution in [0.1, 0.15) is 22.3 Å². The quantitative estimate of drug-likeness (QED) is 0.846. The lowest BCUT2D eigenvalue weighted by molar-refractivity contribution is -0.120. The maximum absolute atomic E-state index is 11.9. The van der Waals surface area contributed by atoms with Crippen molar-refractivity contribution in [3.8, 4) is 0 Å². The minimum absolute atomic E-state index is 0.116. The first-order valence-corrected chi connectivity index (χ1v) is 7.22. The zero-order valence-electron chi connectivity index (χ0n) is 12.2. The predicted octanol–water partition coefficient (Wildman–Crippen LogP) is 1.45. The van der Waals surface area contributed by atoms with E-state index in [1.165, 1.54) is 6.20 Å². The van der Waals surface area contributed by atoms with E-state index in [1.54, 1.807) is 17.9 Å². The van der Waals surface area contributed by atoms with Crippen molar-refractivity contribution in [3.05, 3.63) is 52.8 Å². The van der Waals surface area contributed by atoms with Crippen molar-refractivity contribution in [2.24, 2.45) is 0 Å². The average Bonchev–Trinajstić information content (AvgIpc) is 2.98. The first kappa shape index (κ1) is 16.0. The molecule has 0 saturated heterocycles. The van der Waals surface area contributed by atoms with Crippen LogP contribution in [0.4, 0.5) is 0 Å². The predicted molar refractivity (Wildman–Crippen MR) is 83.8 cm³/mol. The Morgan fingerprint density at radius 2 is 2.09 bits per heavy atom. The molecule has 1 heterocycles. The summed E-state index contributed by atoms with van der Waals surface area (Å²) in [7, 11) is 1.56. The van der Waals surface area contributed by atoms with Crippen LogP contribution in [-0.2, 0) is 11.3 Å². The molecule has 0 spiro atoms. The summed E-state index contributed by atoms with van der Waals surface area (Å²) in [5.41, 5.74) is 1.38. The Bertz CT molecular complexity index is 669. The zero-order valence-corrected chi connectivity index (χ0v) is 12.9. The third-order valence-corrected chi connectivity index (χ3v) is 3.47. The average molecular weight is 321 g/mol. The van der Waals surface area contributed by atoms with Crippen LogP contribution in [0.3, 0.4) is 0 Å². The molecule has 0 radical (unpaired) electrons. The molecule has 2 rings (SSSR count). The summed E-state index contributed by atoms with van der Waals surface area (Å²) in [6.07, 6.45) is 3.39. The largest absolute Gasteiger partial charge is 0.359 e. The molecule has 0 aliphatic carbocycles. The van der Waals surface area contributed by atoms with E-state index in [2.05, 4.69) is 15.7 Å². The van der Waals surface area contributed by atoms with Crippen LogP contribution in [0.2, 0.25) is 5.02 Å². The number of amides is 2. The highest BCUT2D eigenvalue weighted by atomic mass is 35.5. The Morgan fingerprint density at radius 1 is 1.32 bits per heavy atom. The van der Waals surface area contributed by atoms with Crippen molar-refractivity contribution in [2.45, 2.75) is 13.0 Å². The molecule has 116 valence electrons. The number of hydrogen-bond donors (Lipinski definition) is 2. The van der Waals surface area contributed by atoms with Gasteiger partial charge in [0, 0.05) is 31.2 Å². The Balaban J connectivity index is 1.92. The van der Waals surface area contributed by atoms with Gasteiger partial charge in [-0.3, -0.25) is 14.3 Å². The van der Waals surface area contributed by atoms with Gasteiger partial charge >= 0.3 is 0 Å². The molecule has 0 fully saturated rings. The van der Waals surface area contributed by atoms with Gasteiger partial charge in [-0.05, 0) is 11.6 Å². The molecule has 1 aromatic carbocycles. The van der Waals surface area contributed by atoms with E-state index in [0.29, 0.717) is 17.1 Å². The topological polar surface area (TPSA) is 76.0 Å². The number of nitrogens with zero attached hydrogens (tertiary/aromatic N) is 2. The van der Waals surface area contributed by atoms with Crippen molar-refractivity contribution < 1.29 is 9.59 Å². The van der Waals surface area contributed by atoms with Crippen molar-refractivity contribution in [3.63, 3.8) is 0 Å². The van der Waals surface area contributed by atoms with Gasteiger partial charge in [0.2, 0.25) is 5.91 Å². The third-order valence-electron chi connectivity index (χ3n) is 3.10. The van der Waals surface area contributed by atoms with Crippen molar-refractivity contribution in [1.82, 2.24) is 20.4 Å². The highest BCUT2D eigenvalue weighted by Crippen LogP contribution is 2.16. The summed E-state index contributed by atoms with van der Waals surface area (Å²) in [6, 6.07) is 7.48. The maximum atomic E-state index is 11.9. The second-order valence-electron chi connectivity index (χ2n) is 4.70. The van der Waals surface area contributed by atoms with E-state index in [9.17, 15) is 9.59 Å². The Kier molecular flexibility index (Phi) is 5.55. The van der Waals surface area contributed by atoms with E-state index >= 15 is 0 Å². The van der Waals surface area contributed by atoms with Crippen LogP contribution >= 0.6 is 11.6 Å². The summed E-state index contributed by atoms with van der Waals surface area (Å²) in [6.45, 7) is 0.777. The van der Waals surface area contributed by atoms with Gasteiger partial charge in [0.1, 0.15) is 0 Å². The summed E-state index contributed by atoms with van der Waals surface area (Å²) < 4.78 is 1.65. The van der Waals surface area contributed by atoms with E-state index in [-0.39, 0.29) is 24.8 Å². The van der Waals surface area contributed by atoms with Crippen LogP contribution in [0.15, 0.2) is 36.7 Å². The summed E-state index contributed by atoms with van der Waals surface area (Å²) in [5.74, 6) is -0.371. The standard InChI is InChI=1S/C15H17ClN4O2/c1-17-14(21)6-7-18-15(22)12-8-19-20(10-12)9-11-4-2-3-5-13(11)16/h2-5,8,10H,6-7,9H2,1H3,(H,17,21)(H,18,22). The lowest BCUT2D eigenvalue weighted by atomic mass is 10.2. The van der Waals surface area contributed by atoms with Crippen LogP contribution < -0.4 is 10.6 Å². The Labute approximate surface area is 133 Å². The molecule has 2 amide bonds. The molecule has 0 saturated carbocycles. The van der Waals surface area contributed by atoms with Gasteiger partial charge in [0.05, 0.1) is 18.3 Å². The van der Waals surface area contributed by atoms with Crippen LogP contribution in [0, 0.1) is 0 Å². The number of hydrogen-bond acceptors (Lipinski definition) is 3. The highest BCUT2D eigenvalue weighted by molar-refractivity contribution is 6.31. The first-order chi connectivity index (χ1) is 10.6. The number of rotatable bonds is 6. The second-order valence-corrected chi connectivity index (χ2v) is 5.10. The third kappa shape index (κ3) is 4.33. The highest BCUT2D eigenvalue weighted by Gasteiger charge is 2.09. The van der Waals surface area contributed by atoms with E-state index in [0.717, 1.165) is 5.56 Å². The lowest BCUT2D eigenvalue weighted by Gasteiger charge is -2.04. The molecule has 2 N–H and O–H groups in total. The molecular formula is C15H17ClN4O2. The first-order valence-electron chi connectivity index (χ1n) is 6.85. The van der Waals surface area contributed by atoms with E-state index < -0.39 is 0 Å². The molecule has 2 aromatic rings. The van der Waals surface area contributed by atoms with Crippen molar-refractivity contribution >= 4 is 23.4 Å². The van der Waals surface area contributed by atoms with Gasteiger partial charge in [0.25, 0.3) is 5.91 Å². The molecule has 7 heteroatoms. The fourth-order valence-corrected chi connectivity index (χ4v) is 2.08. The van der Waals surface area contributed by atoms with Crippen LogP contribution in [0.25, 0.3) is 0 Å². The normalized spacial score (nSPS) is 10.3. The Hall–Kier alpha value is -2.34. The molecule has 0 unspecified atom stereocenters. The molecule has 0 atom stereocenters. The summed E-state index contributed by atoms with van der Waals surface area (Å²) in [4.78, 5) is 23.0. The monoisotopic (exact) mass is 320 g/mol. The number of nitrogens with one attached hydrogen (secondary N) is 2. The SMILES string of the molecule is CNC(=O)CCNC(=O)c1cnn(Cc2ccccc2Cl)c1. The van der Waals surface area contributed by atoms with E-state index in [4.69, 9.17) is 11.6 Å². The molecule has 0 aliphatic rings. The number of carbonyl (C=O) groups is 2. The molecule has 0 aliphatic heterocycles. The Morgan fingerprint density at radius 3 is 2.82 bits per heavy atom. The van der Waals surface area contributed by atoms with E-state index in [1.807, 2.05) is 24.3 Å². The molecule has 1 aromatic heterocycles. The minimum Gasteiger partial charge on any atom is -0.359 e. The summed E-state index contributed by atoms with van der Waals surface area (Å²) >= 11 is 6.10. The molecular weight excluding hydrogens is 304 g/mol. The summed E-state index contributed by atoms with van der Waals surface area (Å²) in [5, 5.41) is 9.98. The molecule has 6 nitrogen and oxygen atoms in total. The number of benzene rings is 1. The van der Waals surface area contributed by atoms with Gasteiger partial charge in [0.15, 0.2) is 0 Å². The number of aromatic nitrogens is 2. The van der Waals surface area contributed by atoms with Crippen molar-refractivity contribution in [2.75, 3.05) is 13.6 Å². The van der Waals surface area contributed by atoms with Gasteiger partial charge in [-0.1, -0.05) is 29.8 Å².